The molecule has 4 rings (SSSR count). The van der Waals surface area contributed by atoms with Gasteiger partial charge in [-0.25, -0.2) is 13.6 Å². The number of benzene rings is 3. The molecule has 5 nitrogen and oxygen atoms in total. The largest absolute Gasteiger partial charge is 0.419 e. The van der Waals surface area contributed by atoms with Gasteiger partial charge in [-0.2, -0.15) is 0 Å². The number of nitrogens with zero attached hydrogens (tertiary/aromatic N) is 1. The van der Waals surface area contributed by atoms with Crippen LogP contribution in [-0.2, 0) is 7.05 Å². The highest BCUT2D eigenvalue weighted by Gasteiger charge is 2.18. The minimum absolute atomic E-state index is 0.411. The summed E-state index contributed by atoms with van der Waals surface area (Å²) in [5, 5.41) is 2.53. The summed E-state index contributed by atoms with van der Waals surface area (Å²) in [7, 11) is 1.65. The second-order valence-corrected chi connectivity index (χ2v) is 7.14. The van der Waals surface area contributed by atoms with Crippen LogP contribution in [-0.4, -0.2) is 10.5 Å². The van der Waals surface area contributed by atoms with E-state index >= 15 is 0 Å². The Balaban J connectivity index is 1.69. The number of carbonyl (C=O) groups excluding carboxylic acids is 1. The molecule has 0 aliphatic carbocycles. The first-order valence-electron chi connectivity index (χ1n) is 9.23. The number of nitrogens with one attached hydrogen (secondary N) is 1. The number of aromatic nitrogens is 1. The molecule has 0 bridgehead atoms. The van der Waals surface area contributed by atoms with Crippen molar-refractivity contribution in [3.05, 3.63) is 87.4 Å². The van der Waals surface area contributed by atoms with Crippen molar-refractivity contribution in [3.8, 4) is 11.1 Å². The third-order valence-corrected chi connectivity index (χ3v) is 5.10. The molecule has 4 aromatic rings. The van der Waals surface area contributed by atoms with Gasteiger partial charge in [-0.1, -0.05) is 12.1 Å². The highest BCUT2D eigenvalue weighted by atomic mass is 19.1. The molecule has 0 spiro atoms. The number of carbonyl (C=O) groups is 1. The van der Waals surface area contributed by atoms with Crippen molar-refractivity contribution in [1.29, 1.82) is 0 Å². The predicted molar refractivity (Wildman–Crippen MR) is 111 cm³/mol. The number of halogens is 2. The molecule has 1 heterocycles. The van der Waals surface area contributed by atoms with E-state index in [0.29, 0.717) is 16.8 Å². The number of fused-ring (bicyclic) bond motifs is 1. The van der Waals surface area contributed by atoms with Crippen LogP contribution in [0.25, 0.3) is 22.2 Å². The summed E-state index contributed by atoms with van der Waals surface area (Å²) in [6, 6.07) is 12.1. The van der Waals surface area contributed by atoms with E-state index in [2.05, 4.69) is 5.32 Å². The van der Waals surface area contributed by atoms with E-state index < -0.39 is 28.9 Å². The molecule has 30 heavy (non-hydrogen) atoms. The Morgan fingerprint density at radius 1 is 0.967 bits per heavy atom. The zero-order chi connectivity index (χ0) is 21.6. The number of anilines is 1. The molecule has 1 aromatic heterocycles. The third kappa shape index (κ3) is 3.28. The van der Waals surface area contributed by atoms with Crippen LogP contribution in [0.15, 0.2) is 57.7 Å². The van der Waals surface area contributed by atoms with Crippen LogP contribution in [0.1, 0.15) is 21.5 Å². The number of hydrogen-bond donors (Lipinski definition) is 1. The molecule has 3 aromatic carbocycles. The lowest BCUT2D eigenvalue weighted by Gasteiger charge is -2.13. The standard InChI is InChI=1S/C23H18F2N2O3/c1-12-9-14(26-22(28)21-17(24)5-4-6-18(21)25)7-8-15(12)16-11-20-19(10-13(16)2)27(3)23(29)30-20/h4-11H,1-3H3,(H,26,28). The highest BCUT2D eigenvalue weighted by molar-refractivity contribution is 6.04. The summed E-state index contributed by atoms with van der Waals surface area (Å²) in [4.78, 5) is 24.1. The Hall–Kier alpha value is -3.74. The van der Waals surface area contributed by atoms with Gasteiger partial charge in [-0.05, 0) is 72.5 Å². The highest BCUT2D eigenvalue weighted by Crippen LogP contribution is 2.32. The van der Waals surface area contributed by atoms with E-state index in [-0.39, 0.29) is 0 Å². The molecule has 0 aliphatic heterocycles. The van der Waals surface area contributed by atoms with Gasteiger partial charge < -0.3 is 9.73 Å². The number of hydrogen-bond acceptors (Lipinski definition) is 3. The maximum Gasteiger partial charge on any atom is 0.419 e. The molecular weight excluding hydrogens is 390 g/mol. The molecule has 7 heteroatoms. The van der Waals surface area contributed by atoms with E-state index in [0.717, 1.165) is 34.4 Å². The lowest BCUT2D eigenvalue weighted by Crippen LogP contribution is -2.15. The fourth-order valence-corrected chi connectivity index (χ4v) is 3.52. The van der Waals surface area contributed by atoms with Gasteiger partial charge in [0.1, 0.15) is 17.2 Å². The molecule has 0 unspecified atom stereocenters. The van der Waals surface area contributed by atoms with Crippen molar-refractivity contribution in [2.75, 3.05) is 5.32 Å². The zero-order valence-electron chi connectivity index (χ0n) is 16.5. The van der Waals surface area contributed by atoms with Gasteiger partial charge in [0.2, 0.25) is 0 Å². The fraction of sp³-hybridized carbons (Fsp3) is 0.130. The van der Waals surface area contributed by atoms with Crippen molar-refractivity contribution < 1.29 is 18.0 Å². The van der Waals surface area contributed by atoms with Crippen molar-refractivity contribution >= 4 is 22.7 Å². The SMILES string of the molecule is Cc1cc(NC(=O)c2c(F)cccc2F)ccc1-c1cc2oc(=O)n(C)c2cc1C. The smallest absolute Gasteiger partial charge is 0.408 e. The molecule has 0 saturated heterocycles. The first-order chi connectivity index (χ1) is 14.3. The lowest BCUT2D eigenvalue weighted by molar-refractivity contribution is 0.101. The van der Waals surface area contributed by atoms with Crippen LogP contribution in [0, 0.1) is 25.5 Å². The summed E-state index contributed by atoms with van der Waals surface area (Å²) < 4.78 is 34.4. The summed E-state index contributed by atoms with van der Waals surface area (Å²) in [5.41, 5.74) is 4.52. The maximum atomic E-state index is 13.8. The van der Waals surface area contributed by atoms with Crippen molar-refractivity contribution in [2.45, 2.75) is 13.8 Å². The number of amides is 1. The molecule has 0 atom stereocenters. The van der Waals surface area contributed by atoms with E-state index in [4.69, 9.17) is 4.42 Å². The van der Waals surface area contributed by atoms with E-state index in [1.165, 1.54) is 10.6 Å². The zero-order valence-corrected chi connectivity index (χ0v) is 16.5. The summed E-state index contributed by atoms with van der Waals surface area (Å²) in [5.74, 6) is -3.14. The van der Waals surface area contributed by atoms with Gasteiger partial charge in [0.15, 0.2) is 5.58 Å². The number of aryl methyl sites for hydroxylation is 3. The van der Waals surface area contributed by atoms with E-state index in [1.807, 2.05) is 19.9 Å². The minimum atomic E-state index is -0.922. The van der Waals surface area contributed by atoms with Crippen LogP contribution < -0.4 is 11.1 Å². The first kappa shape index (κ1) is 19.6. The van der Waals surface area contributed by atoms with Crippen molar-refractivity contribution in [1.82, 2.24) is 4.57 Å². The quantitative estimate of drug-likeness (QED) is 0.522. The summed E-state index contributed by atoms with van der Waals surface area (Å²) in [6.45, 7) is 3.79. The average molecular weight is 408 g/mol. The van der Waals surface area contributed by atoms with E-state index in [1.54, 1.807) is 31.3 Å². The molecule has 0 saturated carbocycles. The second-order valence-electron chi connectivity index (χ2n) is 7.14. The van der Waals surface area contributed by atoms with Gasteiger partial charge >= 0.3 is 5.76 Å². The van der Waals surface area contributed by atoms with Gasteiger partial charge in [-0.3, -0.25) is 9.36 Å². The lowest BCUT2D eigenvalue weighted by atomic mass is 9.95. The van der Waals surface area contributed by atoms with Gasteiger partial charge in [0.25, 0.3) is 5.91 Å². The van der Waals surface area contributed by atoms with E-state index in [9.17, 15) is 18.4 Å². The first-order valence-corrected chi connectivity index (χ1v) is 9.23. The second kappa shape index (κ2) is 7.26. The number of oxazole rings is 1. The third-order valence-electron chi connectivity index (χ3n) is 5.10. The average Bonchev–Trinajstić information content (AvgIpc) is 2.95. The van der Waals surface area contributed by atoms with Crippen LogP contribution >= 0.6 is 0 Å². The van der Waals surface area contributed by atoms with Gasteiger partial charge in [0, 0.05) is 12.7 Å². The normalized spacial score (nSPS) is 11.1. The van der Waals surface area contributed by atoms with Crippen LogP contribution in [0.5, 0.6) is 0 Å². The monoisotopic (exact) mass is 408 g/mol. The maximum absolute atomic E-state index is 13.8. The molecular formula is C23H18F2N2O3. The molecule has 0 fully saturated rings. The Morgan fingerprint density at radius 2 is 1.63 bits per heavy atom. The molecule has 0 radical (unpaired) electrons. The van der Waals surface area contributed by atoms with Crippen molar-refractivity contribution in [2.24, 2.45) is 7.05 Å². The van der Waals surface area contributed by atoms with Gasteiger partial charge in [-0.15, -0.1) is 0 Å². The Kier molecular flexibility index (Phi) is 4.73. The predicted octanol–water partition coefficient (Wildman–Crippen LogP) is 4.95. The Bertz CT molecular complexity index is 1350. The summed E-state index contributed by atoms with van der Waals surface area (Å²) in [6.07, 6.45) is 0. The number of rotatable bonds is 3. The molecule has 1 N–H and O–H groups in total. The van der Waals surface area contributed by atoms with Crippen molar-refractivity contribution in [3.63, 3.8) is 0 Å². The molecule has 152 valence electrons. The van der Waals surface area contributed by atoms with Gasteiger partial charge in [0.05, 0.1) is 5.52 Å². The minimum Gasteiger partial charge on any atom is -0.408 e. The van der Waals surface area contributed by atoms with Crippen LogP contribution in [0.4, 0.5) is 14.5 Å². The van der Waals surface area contributed by atoms with Crippen LogP contribution in [0.2, 0.25) is 0 Å². The Morgan fingerprint density at radius 3 is 2.30 bits per heavy atom. The van der Waals surface area contributed by atoms with Crippen LogP contribution in [0.3, 0.4) is 0 Å². The molecule has 0 aliphatic rings. The Labute approximate surface area is 170 Å². The summed E-state index contributed by atoms with van der Waals surface area (Å²) >= 11 is 0. The fourth-order valence-electron chi connectivity index (χ4n) is 3.52. The topological polar surface area (TPSA) is 64.2 Å². The molecule has 1 amide bonds.